The maximum Gasteiger partial charge on any atom is 0.160 e. The van der Waals surface area contributed by atoms with Gasteiger partial charge in [0.1, 0.15) is 0 Å². The number of unbranched alkanes of at least 4 members (excludes halogenated alkanes) is 1. The normalized spacial score (nSPS) is 10.9. The van der Waals surface area contributed by atoms with Gasteiger partial charge in [-0.3, -0.25) is 0 Å². The summed E-state index contributed by atoms with van der Waals surface area (Å²) < 4.78 is 5.14. The van der Waals surface area contributed by atoms with Gasteiger partial charge in [-0.05, 0) is 50.0 Å². The molecule has 0 unspecified atom stereocenters. The van der Waals surface area contributed by atoms with E-state index in [0.717, 1.165) is 19.5 Å². The van der Waals surface area contributed by atoms with Crippen LogP contribution < -0.4 is 4.74 Å². The second kappa shape index (κ2) is 8.81. The molecule has 0 saturated heterocycles. The van der Waals surface area contributed by atoms with E-state index in [1.165, 1.54) is 31.4 Å². The van der Waals surface area contributed by atoms with Crippen LogP contribution in [0.4, 0.5) is 0 Å². The van der Waals surface area contributed by atoms with Crippen LogP contribution in [0.2, 0.25) is 0 Å². The zero-order chi connectivity index (χ0) is 14.1. The molecule has 3 nitrogen and oxygen atoms in total. The molecule has 0 bridgehead atoms. The summed E-state index contributed by atoms with van der Waals surface area (Å²) in [4.78, 5) is 2.52. The van der Waals surface area contributed by atoms with Crippen LogP contribution in [0.15, 0.2) is 18.2 Å². The van der Waals surface area contributed by atoms with Crippen molar-refractivity contribution in [1.29, 1.82) is 0 Å². The van der Waals surface area contributed by atoms with E-state index in [4.69, 9.17) is 4.74 Å². The van der Waals surface area contributed by atoms with Gasteiger partial charge in [0.25, 0.3) is 0 Å². The van der Waals surface area contributed by atoms with Crippen molar-refractivity contribution >= 4 is 0 Å². The molecule has 19 heavy (non-hydrogen) atoms. The van der Waals surface area contributed by atoms with E-state index in [2.05, 4.69) is 18.7 Å². The standard InChI is InChI=1S/C16H27NO2/c1-4-6-11-17(10-5-2)12-9-14-7-8-15(18)16(13-14)19-3/h7-8,13,18H,4-6,9-12H2,1-3H3. The minimum atomic E-state index is 0.211. The van der Waals surface area contributed by atoms with Gasteiger partial charge in [0.05, 0.1) is 7.11 Å². The second-order valence-corrected chi connectivity index (χ2v) is 4.95. The van der Waals surface area contributed by atoms with Gasteiger partial charge in [-0.2, -0.15) is 0 Å². The number of hydrogen-bond acceptors (Lipinski definition) is 3. The lowest BCUT2D eigenvalue weighted by Gasteiger charge is -2.21. The van der Waals surface area contributed by atoms with Gasteiger partial charge in [0, 0.05) is 6.54 Å². The number of rotatable bonds is 9. The van der Waals surface area contributed by atoms with E-state index in [1.807, 2.05) is 12.1 Å². The summed E-state index contributed by atoms with van der Waals surface area (Å²) in [5.74, 6) is 0.774. The average molecular weight is 265 g/mol. The third-order valence-corrected chi connectivity index (χ3v) is 3.33. The lowest BCUT2D eigenvalue weighted by atomic mass is 10.1. The number of hydrogen-bond donors (Lipinski definition) is 1. The number of methoxy groups -OCH3 is 1. The average Bonchev–Trinajstić information content (AvgIpc) is 2.43. The van der Waals surface area contributed by atoms with E-state index in [1.54, 1.807) is 13.2 Å². The molecule has 0 heterocycles. The molecule has 0 atom stereocenters. The summed E-state index contributed by atoms with van der Waals surface area (Å²) in [6, 6.07) is 5.62. The van der Waals surface area contributed by atoms with Crippen molar-refractivity contribution < 1.29 is 9.84 Å². The van der Waals surface area contributed by atoms with Crippen molar-refractivity contribution in [3.05, 3.63) is 23.8 Å². The number of phenols is 1. The topological polar surface area (TPSA) is 32.7 Å². The van der Waals surface area contributed by atoms with Crippen LogP contribution >= 0.6 is 0 Å². The Kier molecular flexibility index (Phi) is 7.34. The second-order valence-electron chi connectivity index (χ2n) is 4.95. The third kappa shape index (κ3) is 5.52. The minimum Gasteiger partial charge on any atom is -0.504 e. The first-order chi connectivity index (χ1) is 9.21. The highest BCUT2D eigenvalue weighted by Crippen LogP contribution is 2.26. The Hall–Kier alpha value is -1.22. The molecule has 0 radical (unpaired) electrons. The van der Waals surface area contributed by atoms with E-state index in [9.17, 15) is 5.11 Å². The number of aromatic hydroxyl groups is 1. The quantitative estimate of drug-likeness (QED) is 0.742. The summed E-state index contributed by atoms with van der Waals surface area (Å²) >= 11 is 0. The van der Waals surface area contributed by atoms with Crippen molar-refractivity contribution in [3.8, 4) is 11.5 Å². The Balaban J connectivity index is 2.53. The van der Waals surface area contributed by atoms with Crippen LogP contribution in [0, 0.1) is 0 Å². The maximum absolute atomic E-state index is 9.58. The maximum atomic E-state index is 9.58. The summed E-state index contributed by atoms with van der Waals surface area (Å²) in [7, 11) is 1.59. The molecule has 0 saturated carbocycles. The van der Waals surface area contributed by atoms with Gasteiger partial charge in [0.15, 0.2) is 11.5 Å². The third-order valence-electron chi connectivity index (χ3n) is 3.33. The minimum absolute atomic E-state index is 0.211. The van der Waals surface area contributed by atoms with E-state index in [0.29, 0.717) is 5.75 Å². The number of benzene rings is 1. The van der Waals surface area contributed by atoms with E-state index >= 15 is 0 Å². The monoisotopic (exact) mass is 265 g/mol. The number of nitrogens with zero attached hydrogens (tertiary/aromatic N) is 1. The van der Waals surface area contributed by atoms with Gasteiger partial charge in [0.2, 0.25) is 0 Å². The molecule has 0 fully saturated rings. The Morgan fingerprint density at radius 3 is 2.53 bits per heavy atom. The van der Waals surface area contributed by atoms with E-state index in [-0.39, 0.29) is 5.75 Å². The lowest BCUT2D eigenvalue weighted by molar-refractivity contribution is 0.273. The fourth-order valence-electron chi connectivity index (χ4n) is 2.20. The van der Waals surface area contributed by atoms with Gasteiger partial charge < -0.3 is 14.7 Å². The first-order valence-electron chi connectivity index (χ1n) is 7.29. The van der Waals surface area contributed by atoms with Crippen molar-refractivity contribution in [2.24, 2.45) is 0 Å². The summed E-state index contributed by atoms with van der Waals surface area (Å²) in [6.07, 6.45) is 4.70. The molecular formula is C16H27NO2. The van der Waals surface area contributed by atoms with Crippen LogP contribution in [0.3, 0.4) is 0 Å². The molecule has 0 spiro atoms. The molecule has 0 amide bonds. The first-order valence-corrected chi connectivity index (χ1v) is 7.29. The summed E-state index contributed by atoms with van der Waals surface area (Å²) in [6.45, 7) is 7.87. The van der Waals surface area contributed by atoms with Crippen LogP contribution in [0.25, 0.3) is 0 Å². The summed E-state index contributed by atoms with van der Waals surface area (Å²) in [5.41, 5.74) is 1.22. The van der Waals surface area contributed by atoms with Crippen molar-refractivity contribution in [1.82, 2.24) is 4.90 Å². The van der Waals surface area contributed by atoms with Crippen LogP contribution in [-0.2, 0) is 6.42 Å². The first kappa shape index (κ1) is 15.8. The molecule has 1 aromatic carbocycles. The zero-order valence-corrected chi connectivity index (χ0v) is 12.5. The molecule has 108 valence electrons. The SMILES string of the molecule is CCCCN(CCC)CCc1ccc(O)c(OC)c1. The fourth-order valence-corrected chi connectivity index (χ4v) is 2.20. The van der Waals surface area contributed by atoms with Crippen molar-refractivity contribution in [2.75, 3.05) is 26.7 Å². The molecule has 1 N–H and O–H groups in total. The predicted octanol–water partition coefficient (Wildman–Crippen LogP) is 3.46. The molecular weight excluding hydrogens is 238 g/mol. The van der Waals surface area contributed by atoms with E-state index < -0.39 is 0 Å². The number of phenolic OH excluding ortho intramolecular Hbond substituents is 1. The van der Waals surface area contributed by atoms with Crippen molar-refractivity contribution in [3.63, 3.8) is 0 Å². The Labute approximate surface area is 117 Å². The highest BCUT2D eigenvalue weighted by atomic mass is 16.5. The van der Waals surface area contributed by atoms with Crippen LogP contribution in [-0.4, -0.2) is 36.8 Å². The van der Waals surface area contributed by atoms with Gasteiger partial charge in [-0.15, -0.1) is 0 Å². The van der Waals surface area contributed by atoms with Gasteiger partial charge in [-0.1, -0.05) is 26.3 Å². The van der Waals surface area contributed by atoms with Crippen LogP contribution in [0.5, 0.6) is 11.5 Å². The highest BCUT2D eigenvalue weighted by molar-refractivity contribution is 5.41. The molecule has 3 heteroatoms. The molecule has 0 aromatic heterocycles. The predicted molar refractivity (Wildman–Crippen MR) is 80.0 cm³/mol. The number of ether oxygens (including phenoxy) is 1. The fraction of sp³-hybridized carbons (Fsp3) is 0.625. The Bertz CT molecular complexity index is 366. The van der Waals surface area contributed by atoms with Crippen molar-refractivity contribution in [2.45, 2.75) is 39.5 Å². The Morgan fingerprint density at radius 1 is 1.11 bits per heavy atom. The van der Waals surface area contributed by atoms with Gasteiger partial charge >= 0.3 is 0 Å². The smallest absolute Gasteiger partial charge is 0.160 e. The van der Waals surface area contributed by atoms with Gasteiger partial charge in [-0.25, -0.2) is 0 Å². The molecule has 1 aromatic rings. The van der Waals surface area contributed by atoms with Crippen LogP contribution in [0.1, 0.15) is 38.7 Å². The molecule has 0 aliphatic rings. The largest absolute Gasteiger partial charge is 0.504 e. The lowest BCUT2D eigenvalue weighted by Crippen LogP contribution is -2.28. The highest BCUT2D eigenvalue weighted by Gasteiger charge is 2.06. The Morgan fingerprint density at radius 2 is 1.89 bits per heavy atom. The molecule has 0 aliphatic carbocycles. The summed E-state index contributed by atoms with van der Waals surface area (Å²) in [5, 5.41) is 9.58. The molecule has 1 rings (SSSR count). The zero-order valence-electron chi connectivity index (χ0n) is 12.5. The molecule has 0 aliphatic heterocycles.